The summed E-state index contributed by atoms with van der Waals surface area (Å²) in [6.45, 7) is 0.639. The van der Waals surface area contributed by atoms with E-state index in [4.69, 9.17) is 4.74 Å². The van der Waals surface area contributed by atoms with Crippen LogP contribution in [0.5, 0.6) is 11.6 Å². The van der Waals surface area contributed by atoms with Crippen LogP contribution in [0.3, 0.4) is 0 Å². The third-order valence-electron chi connectivity index (χ3n) is 6.01. The minimum Gasteiger partial charge on any atom is -0.481 e. The highest BCUT2D eigenvalue weighted by atomic mass is 16.6. The van der Waals surface area contributed by atoms with E-state index in [1.807, 2.05) is 12.1 Å². The number of piperidine rings is 1. The number of carboxylic acid groups (broad SMARTS) is 1. The zero-order valence-corrected chi connectivity index (χ0v) is 17.3. The monoisotopic (exact) mass is 446 g/mol. The second-order valence-corrected chi connectivity index (χ2v) is 7.89. The molecule has 0 atom stereocenters. The van der Waals surface area contributed by atoms with Crippen LogP contribution >= 0.6 is 0 Å². The number of nitro groups is 1. The molecule has 0 bridgehead atoms. The Balaban J connectivity index is 1.45. The lowest BCUT2D eigenvalue weighted by atomic mass is 9.97. The molecule has 5 rings (SSSR count). The normalized spacial score (nSPS) is 15.2. The summed E-state index contributed by atoms with van der Waals surface area (Å²) in [5, 5.41) is 21.1. The predicted octanol–water partition coefficient (Wildman–Crippen LogP) is 3.69. The number of hydrogen-bond donors (Lipinski definition) is 1. The molecule has 10 nitrogen and oxygen atoms in total. The van der Waals surface area contributed by atoms with Gasteiger partial charge in [0.15, 0.2) is 5.78 Å². The average Bonchev–Trinajstić information content (AvgIpc) is 3.10. The Bertz CT molecular complexity index is 1300. The smallest absolute Gasteiger partial charge is 0.373 e. The van der Waals surface area contributed by atoms with Gasteiger partial charge in [0.25, 0.3) is 0 Å². The Morgan fingerprint density at radius 3 is 2.45 bits per heavy atom. The maximum atomic E-state index is 12.8. The van der Waals surface area contributed by atoms with Gasteiger partial charge in [-0.05, 0) is 42.2 Å². The second-order valence-electron chi connectivity index (χ2n) is 7.89. The van der Waals surface area contributed by atoms with Gasteiger partial charge in [0.1, 0.15) is 12.1 Å². The maximum Gasteiger partial charge on any atom is 0.373 e. The Morgan fingerprint density at radius 1 is 1.06 bits per heavy atom. The number of carboxylic acids is 1. The molecule has 0 amide bonds. The summed E-state index contributed by atoms with van der Waals surface area (Å²) in [5.41, 5.74) is 2.28. The van der Waals surface area contributed by atoms with Crippen molar-refractivity contribution in [2.75, 3.05) is 18.0 Å². The van der Waals surface area contributed by atoms with Crippen LogP contribution in [-0.2, 0) is 4.79 Å². The van der Waals surface area contributed by atoms with Gasteiger partial charge in [0.2, 0.25) is 5.82 Å². The van der Waals surface area contributed by atoms with Crippen molar-refractivity contribution in [3.8, 4) is 22.8 Å². The molecule has 1 aliphatic carbocycles. The van der Waals surface area contributed by atoms with Crippen molar-refractivity contribution in [3.05, 3.63) is 70.0 Å². The number of nitrogens with zero attached hydrogens (tertiary/aromatic N) is 4. The van der Waals surface area contributed by atoms with Gasteiger partial charge < -0.3 is 14.7 Å². The quantitative estimate of drug-likeness (QED) is 0.359. The van der Waals surface area contributed by atoms with Crippen LogP contribution in [0.4, 0.5) is 11.5 Å². The van der Waals surface area contributed by atoms with Gasteiger partial charge in [-0.2, -0.15) is 4.98 Å². The van der Waals surface area contributed by atoms with Gasteiger partial charge >= 0.3 is 17.5 Å². The fraction of sp³-hybridized carbons (Fsp3) is 0.217. The van der Waals surface area contributed by atoms with Crippen molar-refractivity contribution >= 4 is 23.3 Å². The number of carbonyl (C=O) groups is 2. The number of aliphatic carboxylic acids is 1. The molecule has 2 aromatic carbocycles. The number of fused-ring (bicyclic) bond motifs is 3. The van der Waals surface area contributed by atoms with Crippen LogP contribution < -0.4 is 9.64 Å². The molecule has 1 fully saturated rings. The van der Waals surface area contributed by atoms with Gasteiger partial charge in [0.05, 0.1) is 10.8 Å². The number of hydrogen-bond acceptors (Lipinski definition) is 8. The van der Waals surface area contributed by atoms with E-state index in [2.05, 4.69) is 9.97 Å². The molecule has 2 aliphatic rings. The van der Waals surface area contributed by atoms with Gasteiger partial charge in [0, 0.05) is 24.2 Å². The van der Waals surface area contributed by atoms with E-state index < -0.39 is 22.5 Å². The van der Waals surface area contributed by atoms with Crippen molar-refractivity contribution in [2.24, 2.45) is 5.92 Å². The zero-order chi connectivity index (χ0) is 23.1. The van der Waals surface area contributed by atoms with Gasteiger partial charge in [-0.1, -0.05) is 24.3 Å². The van der Waals surface area contributed by atoms with Crippen LogP contribution in [0, 0.1) is 16.0 Å². The van der Waals surface area contributed by atoms with E-state index in [1.165, 1.54) is 6.33 Å². The molecule has 1 saturated heterocycles. The maximum absolute atomic E-state index is 12.8. The van der Waals surface area contributed by atoms with Crippen molar-refractivity contribution in [1.29, 1.82) is 0 Å². The Morgan fingerprint density at radius 2 is 1.76 bits per heavy atom. The summed E-state index contributed by atoms with van der Waals surface area (Å²) < 4.78 is 5.77. The van der Waals surface area contributed by atoms with Crippen molar-refractivity contribution in [2.45, 2.75) is 12.8 Å². The number of rotatable bonds is 5. The summed E-state index contributed by atoms with van der Waals surface area (Å²) >= 11 is 0. The number of benzene rings is 2. The molecular weight excluding hydrogens is 428 g/mol. The zero-order valence-electron chi connectivity index (χ0n) is 17.3. The van der Waals surface area contributed by atoms with Crippen molar-refractivity contribution in [3.63, 3.8) is 0 Å². The molecule has 33 heavy (non-hydrogen) atoms. The summed E-state index contributed by atoms with van der Waals surface area (Å²) in [5.74, 6) is -1.40. The van der Waals surface area contributed by atoms with Crippen LogP contribution in [-0.4, -0.2) is 44.8 Å². The van der Waals surface area contributed by atoms with Gasteiger partial charge in [-0.3, -0.25) is 19.7 Å². The first-order chi connectivity index (χ1) is 15.9. The molecule has 166 valence electrons. The number of carbonyl (C=O) groups excluding carboxylic acids is 1. The highest BCUT2D eigenvalue weighted by Crippen LogP contribution is 2.41. The Kier molecular flexibility index (Phi) is 4.97. The lowest BCUT2D eigenvalue weighted by molar-refractivity contribution is -0.385. The molecule has 2 heterocycles. The van der Waals surface area contributed by atoms with E-state index in [9.17, 15) is 24.8 Å². The molecule has 0 unspecified atom stereocenters. The molecule has 0 radical (unpaired) electrons. The fourth-order valence-electron chi connectivity index (χ4n) is 4.34. The molecular formula is C23H18N4O6. The van der Waals surface area contributed by atoms with Gasteiger partial charge in [-0.15, -0.1) is 0 Å². The Labute approximate surface area is 187 Å². The first-order valence-electron chi connectivity index (χ1n) is 10.4. The highest BCUT2D eigenvalue weighted by Gasteiger charge is 2.33. The highest BCUT2D eigenvalue weighted by molar-refractivity contribution is 6.21. The summed E-state index contributed by atoms with van der Waals surface area (Å²) in [7, 11) is 0. The molecule has 1 aromatic heterocycles. The minimum atomic E-state index is -0.871. The van der Waals surface area contributed by atoms with E-state index in [-0.39, 0.29) is 23.2 Å². The van der Waals surface area contributed by atoms with Crippen LogP contribution in [0.15, 0.2) is 48.8 Å². The summed E-state index contributed by atoms with van der Waals surface area (Å²) in [6, 6.07) is 12.2. The number of ketones is 1. The molecule has 10 heteroatoms. The van der Waals surface area contributed by atoms with E-state index in [1.54, 1.807) is 35.2 Å². The third-order valence-corrected chi connectivity index (χ3v) is 6.01. The topological polar surface area (TPSA) is 136 Å². The van der Waals surface area contributed by atoms with E-state index >= 15 is 0 Å². The lowest BCUT2D eigenvalue weighted by Gasteiger charge is -2.30. The van der Waals surface area contributed by atoms with Crippen molar-refractivity contribution < 1.29 is 24.4 Å². The number of aromatic nitrogens is 2. The predicted molar refractivity (Wildman–Crippen MR) is 117 cm³/mol. The fourth-order valence-corrected chi connectivity index (χ4v) is 4.34. The standard InChI is InChI=1S/C23H18N4O6/c28-20-17-4-2-1-3-15(17)16-6-5-14(11-18(16)20)33-22-19(27(31)32)21(24-12-25-22)26-9-7-13(8-10-26)23(29)30/h1-6,11-13H,7-10H2,(H,29,30). The summed E-state index contributed by atoms with van der Waals surface area (Å²) in [6.07, 6.45) is 1.90. The largest absolute Gasteiger partial charge is 0.481 e. The first kappa shape index (κ1) is 20.6. The molecule has 1 aliphatic heterocycles. The second kappa shape index (κ2) is 7.97. The number of anilines is 1. The van der Waals surface area contributed by atoms with E-state index in [0.29, 0.717) is 37.1 Å². The van der Waals surface area contributed by atoms with Crippen molar-refractivity contribution in [1.82, 2.24) is 9.97 Å². The SMILES string of the molecule is O=C1c2ccccc2-c2ccc(Oc3ncnc(N4CCC(C(=O)O)CC4)c3[N+](=O)[O-])cc21. The molecule has 3 aromatic rings. The summed E-state index contributed by atoms with van der Waals surface area (Å²) in [4.78, 5) is 45.0. The minimum absolute atomic E-state index is 0.0819. The Hall–Kier alpha value is -4.34. The van der Waals surface area contributed by atoms with Gasteiger partial charge in [-0.25, -0.2) is 4.98 Å². The van der Waals surface area contributed by atoms with E-state index in [0.717, 1.165) is 11.1 Å². The first-order valence-corrected chi connectivity index (χ1v) is 10.4. The average molecular weight is 446 g/mol. The number of ether oxygens (including phenoxy) is 1. The molecule has 0 spiro atoms. The van der Waals surface area contributed by atoms with Crippen LogP contribution in [0.2, 0.25) is 0 Å². The molecule has 1 N–H and O–H groups in total. The molecule has 0 saturated carbocycles. The lowest BCUT2D eigenvalue weighted by Crippen LogP contribution is -2.37. The van der Waals surface area contributed by atoms with Crippen LogP contribution in [0.1, 0.15) is 28.8 Å². The van der Waals surface area contributed by atoms with Crippen LogP contribution in [0.25, 0.3) is 11.1 Å². The third kappa shape index (κ3) is 3.55.